The zero-order chi connectivity index (χ0) is 15.3. The SMILES string of the molecule is CCCNCc1cc(S(=O)(=O)N(CCOC)C2CC2)cs1. The number of nitrogens with zero attached hydrogens (tertiary/aromatic N) is 1. The number of sulfonamides is 1. The fraction of sp³-hybridized carbons (Fsp3) is 0.714. The minimum atomic E-state index is -3.38. The van der Waals surface area contributed by atoms with Gasteiger partial charge in [0.05, 0.1) is 11.5 Å². The lowest BCUT2D eigenvalue weighted by molar-refractivity contribution is 0.177. The van der Waals surface area contributed by atoms with Gasteiger partial charge in [0, 0.05) is 36.5 Å². The van der Waals surface area contributed by atoms with Crippen LogP contribution in [0, 0.1) is 0 Å². The molecule has 0 aliphatic heterocycles. The number of ether oxygens (including phenoxy) is 1. The van der Waals surface area contributed by atoms with Gasteiger partial charge in [-0.05, 0) is 31.9 Å². The molecular weight excluding hydrogens is 308 g/mol. The van der Waals surface area contributed by atoms with E-state index < -0.39 is 10.0 Å². The van der Waals surface area contributed by atoms with Crippen LogP contribution in [0.4, 0.5) is 0 Å². The maximum atomic E-state index is 12.7. The molecule has 1 saturated carbocycles. The molecule has 21 heavy (non-hydrogen) atoms. The first-order valence-electron chi connectivity index (χ1n) is 7.38. The minimum absolute atomic E-state index is 0.159. The Kier molecular flexibility index (Phi) is 6.19. The molecule has 1 fully saturated rings. The Hall–Kier alpha value is -0.470. The van der Waals surface area contributed by atoms with Crippen molar-refractivity contribution < 1.29 is 13.2 Å². The average molecular weight is 332 g/mol. The van der Waals surface area contributed by atoms with Crippen molar-refractivity contribution in [2.24, 2.45) is 0 Å². The van der Waals surface area contributed by atoms with Gasteiger partial charge in [0.25, 0.3) is 0 Å². The van der Waals surface area contributed by atoms with Gasteiger partial charge in [-0.2, -0.15) is 4.31 Å². The lowest BCUT2D eigenvalue weighted by Crippen LogP contribution is -2.35. The lowest BCUT2D eigenvalue weighted by atomic mass is 10.4. The van der Waals surface area contributed by atoms with E-state index in [2.05, 4.69) is 12.2 Å². The normalized spacial score (nSPS) is 15.8. The summed E-state index contributed by atoms with van der Waals surface area (Å²) in [6.07, 6.45) is 2.99. The molecule has 1 aliphatic carbocycles. The van der Waals surface area contributed by atoms with E-state index in [1.807, 2.05) is 0 Å². The molecule has 0 unspecified atom stereocenters. The lowest BCUT2D eigenvalue weighted by Gasteiger charge is -2.20. The highest BCUT2D eigenvalue weighted by Gasteiger charge is 2.38. The van der Waals surface area contributed by atoms with Crippen LogP contribution in [-0.2, 0) is 21.3 Å². The third kappa shape index (κ3) is 4.50. The molecule has 1 aromatic rings. The summed E-state index contributed by atoms with van der Waals surface area (Å²) in [7, 11) is -1.79. The van der Waals surface area contributed by atoms with E-state index in [4.69, 9.17) is 4.74 Å². The van der Waals surface area contributed by atoms with Gasteiger partial charge < -0.3 is 10.1 Å². The molecule has 120 valence electrons. The number of hydrogen-bond donors (Lipinski definition) is 1. The van der Waals surface area contributed by atoms with E-state index in [1.54, 1.807) is 22.9 Å². The highest BCUT2D eigenvalue weighted by atomic mass is 32.2. The molecular formula is C14H24N2O3S2. The van der Waals surface area contributed by atoms with Crippen LogP contribution >= 0.6 is 11.3 Å². The summed E-state index contributed by atoms with van der Waals surface area (Å²) >= 11 is 1.50. The fourth-order valence-corrected chi connectivity index (χ4v) is 5.06. The van der Waals surface area contributed by atoms with Crippen molar-refractivity contribution in [2.45, 2.75) is 43.7 Å². The van der Waals surface area contributed by atoms with Crippen LogP contribution in [0.3, 0.4) is 0 Å². The molecule has 1 aliphatic rings. The zero-order valence-electron chi connectivity index (χ0n) is 12.7. The molecule has 0 radical (unpaired) electrons. The van der Waals surface area contributed by atoms with Crippen LogP contribution < -0.4 is 5.32 Å². The number of methoxy groups -OCH3 is 1. The fourth-order valence-electron chi connectivity index (χ4n) is 2.15. The smallest absolute Gasteiger partial charge is 0.244 e. The summed E-state index contributed by atoms with van der Waals surface area (Å²) in [5.74, 6) is 0. The second-order valence-corrected chi connectivity index (χ2v) is 8.15. The Morgan fingerprint density at radius 3 is 2.86 bits per heavy atom. The van der Waals surface area contributed by atoms with Crippen molar-refractivity contribution in [3.05, 3.63) is 16.3 Å². The molecule has 7 heteroatoms. The Balaban J connectivity index is 2.06. The van der Waals surface area contributed by atoms with E-state index in [-0.39, 0.29) is 6.04 Å². The Labute approximate surface area is 131 Å². The van der Waals surface area contributed by atoms with Crippen molar-refractivity contribution in [3.8, 4) is 0 Å². The maximum absolute atomic E-state index is 12.7. The van der Waals surface area contributed by atoms with Crippen molar-refractivity contribution in [1.82, 2.24) is 9.62 Å². The van der Waals surface area contributed by atoms with Gasteiger partial charge in [-0.15, -0.1) is 11.3 Å². The van der Waals surface area contributed by atoms with E-state index in [0.717, 1.165) is 37.2 Å². The number of thiophene rings is 1. The van der Waals surface area contributed by atoms with Crippen molar-refractivity contribution in [1.29, 1.82) is 0 Å². The van der Waals surface area contributed by atoms with Crippen LogP contribution in [0.25, 0.3) is 0 Å². The third-order valence-electron chi connectivity index (χ3n) is 3.43. The highest BCUT2D eigenvalue weighted by Crippen LogP contribution is 2.33. The summed E-state index contributed by atoms with van der Waals surface area (Å²) in [5.41, 5.74) is 0. The minimum Gasteiger partial charge on any atom is -0.383 e. The van der Waals surface area contributed by atoms with Crippen LogP contribution in [0.5, 0.6) is 0 Å². The predicted octanol–water partition coefficient (Wildman–Crippen LogP) is 2.05. The second-order valence-electron chi connectivity index (χ2n) is 5.27. The summed E-state index contributed by atoms with van der Waals surface area (Å²) in [6.45, 7) is 4.66. The standard InChI is InChI=1S/C14H24N2O3S2/c1-3-6-15-10-13-9-14(11-20-13)21(17,18)16(7-8-19-2)12-4-5-12/h9,11-12,15H,3-8,10H2,1-2H3. The van der Waals surface area contributed by atoms with Crippen molar-refractivity contribution in [3.63, 3.8) is 0 Å². The monoisotopic (exact) mass is 332 g/mol. The molecule has 1 heterocycles. The molecule has 0 aromatic carbocycles. The van der Waals surface area contributed by atoms with Gasteiger partial charge in [-0.1, -0.05) is 6.92 Å². The van der Waals surface area contributed by atoms with Crippen LogP contribution in [-0.4, -0.2) is 45.6 Å². The summed E-state index contributed by atoms with van der Waals surface area (Å²) in [5, 5.41) is 5.05. The van der Waals surface area contributed by atoms with Gasteiger partial charge in [-0.25, -0.2) is 8.42 Å². The van der Waals surface area contributed by atoms with Gasteiger partial charge in [0.1, 0.15) is 0 Å². The van der Waals surface area contributed by atoms with E-state index in [9.17, 15) is 8.42 Å². The second kappa shape index (κ2) is 7.69. The number of hydrogen-bond acceptors (Lipinski definition) is 5. The largest absolute Gasteiger partial charge is 0.383 e. The Morgan fingerprint density at radius 2 is 2.24 bits per heavy atom. The third-order valence-corrected chi connectivity index (χ3v) is 6.45. The van der Waals surface area contributed by atoms with Crippen LogP contribution in [0.15, 0.2) is 16.3 Å². The number of nitrogens with one attached hydrogen (secondary N) is 1. The highest BCUT2D eigenvalue weighted by molar-refractivity contribution is 7.89. The summed E-state index contributed by atoms with van der Waals surface area (Å²) in [4.78, 5) is 1.48. The molecule has 0 bridgehead atoms. The molecule has 5 nitrogen and oxygen atoms in total. The maximum Gasteiger partial charge on any atom is 0.244 e. The van der Waals surface area contributed by atoms with Gasteiger partial charge in [-0.3, -0.25) is 0 Å². The van der Waals surface area contributed by atoms with Gasteiger partial charge >= 0.3 is 0 Å². The van der Waals surface area contributed by atoms with Gasteiger partial charge in [0.15, 0.2) is 0 Å². The van der Waals surface area contributed by atoms with Gasteiger partial charge in [0.2, 0.25) is 10.0 Å². The Morgan fingerprint density at radius 1 is 1.48 bits per heavy atom. The molecule has 1 aromatic heterocycles. The first kappa shape index (κ1) is 16.9. The van der Waals surface area contributed by atoms with E-state index >= 15 is 0 Å². The molecule has 0 atom stereocenters. The summed E-state index contributed by atoms with van der Waals surface area (Å²) in [6, 6.07) is 1.96. The first-order chi connectivity index (χ1) is 10.1. The molecule has 2 rings (SSSR count). The average Bonchev–Trinajstić information content (AvgIpc) is 3.16. The van der Waals surface area contributed by atoms with E-state index in [1.165, 1.54) is 11.3 Å². The van der Waals surface area contributed by atoms with Crippen LogP contribution in [0.2, 0.25) is 0 Å². The summed E-state index contributed by atoms with van der Waals surface area (Å²) < 4.78 is 32.1. The first-order valence-corrected chi connectivity index (χ1v) is 9.70. The zero-order valence-corrected chi connectivity index (χ0v) is 14.3. The Bertz CT molecular complexity index is 538. The van der Waals surface area contributed by atoms with Crippen molar-refractivity contribution in [2.75, 3.05) is 26.8 Å². The quantitative estimate of drug-likeness (QED) is 0.666. The molecule has 0 spiro atoms. The topological polar surface area (TPSA) is 58.6 Å². The predicted molar refractivity (Wildman–Crippen MR) is 85.1 cm³/mol. The van der Waals surface area contributed by atoms with E-state index in [0.29, 0.717) is 18.0 Å². The number of rotatable bonds is 10. The van der Waals surface area contributed by atoms with Crippen LogP contribution in [0.1, 0.15) is 31.1 Å². The molecule has 0 saturated heterocycles. The molecule has 0 amide bonds. The molecule has 1 N–H and O–H groups in total. The van der Waals surface area contributed by atoms with Crippen molar-refractivity contribution >= 4 is 21.4 Å².